The van der Waals surface area contributed by atoms with Crippen LogP contribution in [0.15, 0.2) is 0 Å². The summed E-state index contributed by atoms with van der Waals surface area (Å²) in [6, 6.07) is 0. The molecule has 0 radical (unpaired) electrons. The van der Waals surface area contributed by atoms with Gasteiger partial charge in [-0.3, -0.25) is 8.42 Å². The molecule has 0 amide bonds. The molecular weight excluding hydrogens is 337 g/mol. The average molecular weight is 361 g/mol. The molecule has 0 aromatic carbocycles. The summed E-state index contributed by atoms with van der Waals surface area (Å²) in [4.78, 5) is 33.9. The number of hydrogen-bond acceptors (Lipinski definition) is 11. The second kappa shape index (κ2) is 26.5. The molecule has 136 valence electrons. The molecule has 20 heavy (non-hydrogen) atoms. The maximum absolute atomic E-state index is 8.55. The Bertz CT molecular complexity index is 274. The van der Waals surface area contributed by atoms with E-state index >= 15 is 0 Å². The Labute approximate surface area is 113 Å². The molecule has 0 aliphatic carbocycles. The number of rotatable bonds is 0. The van der Waals surface area contributed by atoms with Crippen LogP contribution in [0, 0.1) is 15.3 Å². The van der Waals surface area contributed by atoms with Crippen molar-refractivity contribution in [3.8, 4) is 0 Å². The monoisotopic (exact) mass is 361 g/mol. The summed E-state index contributed by atoms with van der Waals surface area (Å²) in [5, 5.41) is 14.8. The van der Waals surface area contributed by atoms with Crippen molar-refractivity contribution in [1.82, 2.24) is 36.9 Å². The molecule has 0 aromatic rings. The molecular formula is H24N7O11PS. The van der Waals surface area contributed by atoms with Crippen LogP contribution >= 0.6 is 7.82 Å². The van der Waals surface area contributed by atoms with E-state index in [2.05, 4.69) is 0 Å². The lowest BCUT2D eigenvalue weighted by Gasteiger charge is -2.36. The van der Waals surface area contributed by atoms with Gasteiger partial charge in [0.2, 0.25) is 0 Å². The highest BCUT2D eigenvalue weighted by atomic mass is 32.3. The highest BCUT2D eigenvalue weighted by molar-refractivity contribution is 7.79. The lowest BCUT2D eigenvalue weighted by molar-refractivity contribution is -0.432. The van der Waals surface area contributed by atoms with Gasteiger partial charge < -0.3 is 80.6 Å². The fraction of sp³-hybridized carbons (Fsp3) is 0. The summed E-state index contributed by atoms with van der Waals surface area (Å²) in [5.74, 6) is 0. The van der Waals surface area contributed by atoms with E-state index in [9.17, 15) is 0 Å². The van der Waals surface area contributed by atoms with Crippen LogP contribution in [0.5, 0.6) is 0 Å². The van der Waals surface area contributed by atoms with Gasteiger partial charge in [-0.15, -0.1) is 0 Å². The van der Waals surface area contributed by atoms with Gasteiger partial charge in [0, 0.05) is 10.4 Å². The smallest absolute Gasteiger partial charge is 0.0689 e. The van der Waals surface area contributed by atoms with Gasteiger partial charge in [0.15, 0.2) is 0 Å². The Hall–Kier alpha value is -1.06. The van der Waals surface area contributed by atoms with Crippen molar-refractivity contribution in [2.75, 3.05) is 0 Å². The molecule has 0 unspecified atom stereocenters. The quantitative estimate of drug-likeness (QED) is 0.0886. The van der Waals surface area contributed by atoms with Crippen molar-refractivity contribution in [3.63, 3.8) is 0 Å². The molecule has 0 bridgehead atoms. The second-order valence-corrected chi connectivity index (χ2v) is 2.79. The Morgan fingerprint density at radius 2 is 0.750 bits per heavy atom. The lowest BCUT2D eigenvalue weighted by atomic mass is 13.1. The predicted octanol–water partition coefficient (Wildman–Crippen LogP) is -2.14. The maximum Gasteiger partial charge on any atom is 0.0689 e. The summed E-state index contributed by atoms with van der Waals surface area (Å²) >= 11 is 0. The molecule has 18 nitrogen and oxygen atoms in total. The molecule has 0 heterocycles. The SMILES string of the molecule is O=P([O-])([O-])[O-].O=S(=O)([O-])[O-].O=[N+]([O-])[O-].[NH4+].[NH4+].[NH4+].[NH4+].[NH4+].[NH4+]. The minimum Gasteiger partial charge on any atom is -0.822 e. The number of phosphoric acid groups is 1. The van der Waals surface area contributed by atoms with E-state index in [0.29, 0.717) is 0 Å². The van der Waals surface area contributed by atoms with Crippen LogP contribution in [0.4, 0.5) is 0 Å². The highest BCUT2D eigenvalue weighted by Gasteiger charge is 1.49. The maximum atomic E-state index is 8.55. The van der Waals surface area contributed by atoms with Crippen molar-refractivity contribution in [3.05, 3.63) is 15.3 Å². The normalized spacial score (nSPS) is 7.05. The van der Waals surface area contributed by atoms with Crippen LogP contribution in [0.2, 0.25) is 0 Å². The van der Waals surface area contributed by atoms with Gasteiger partial charge in [-0.2, -0.15) is 7.82 Å². The third-order valence-electron chi connectivity index (χ3n) is 0. The number of nitrogens with zero attached hydrogens (tertiary/aromatic N) is 1. The van der Waals surface area contributed by atoms with Crippen LogP contribution in [0.25, 0.3) is 0 Å². The molecule has 0 aliphatic rings. The van der Waals surface area contributed by atoms with Crippen LogP contribution in [0.3, 0.4) is 0 Å². The third kappa shape index (κ3) is 3830. The van der Waals surface area contributed by atoms with E-state index in [1.165, 1.54) is 0 Å². The van der Waals surface area contributed by atoms with E-state index in [1.54, 1.807) is 0 Å². The molecule has 20 heteroatoms. The first-order valence-corrected chi connectivity index (χ1v) is 4.74. The van der Waals surface area contributed by atoms with E-state index in [-0.39, 0.29) is 36.9 Å². The lowest BCUT2D eigenvalue weighted by Crippen LogP contribution is -2.24. The topological polar surface area (TPSA) is 452 Å². The fourth-order valence-electron chi connectivity index (χ4n) is 0. The average Bonchev–Trinajstić information content (AvgIpc) is 1.45. The van der Waals surface area contributed by atoms with Crippen LogP contribution in [-0.4, -0.2) is 22.6 Å². The minimum atomic E-state index is -5.39. The Morgan fingerprint density at radius 3 is 0.750 bits per heavy atom. The first kappa shape index (κ1) is 61.7. The second-order valence-electron chi connectivity index (χ2n) is 1.08. The summed E-state index contributed by atoms with van der Waals surface area (Å²) < 4.78 is 42.6. The molecule has 0 fully saturated rings. The summed E-state index contributed by atoms with van der Waals surface area (Å²) in [7, 11) is -10.6. The first-order valence-electron chi connectivity index (χ1n) is 1.94. The van der Waals surface area contributed by atoms with Crippen molar-refractivity contribution in [1.29, 1.82) is 0 Å². The summed E-state index contributed by atoms with van der Waals surface area (Å²) in [5.41, 5.74) is 0. The largest absolute Gasteiger partial charge is 0.822 e. The zero-order valence-corrected chi connectivity index (χ0v) is 13.5. The molecule has 0 aliphatic heterocycles. The van der Waals surface area contributed by atoms with Gasteiger partial charge in [-0.25, -0.2) is 0 Å². The third-order valence-corrected chi connectivity index (χ3v) is 0. The molecule has 0 saturated carbocycles. The summed E-state index contributed by atoms with van der Waals surface area (Å²) in [6.45, 7) is 0. The number of quaternary nitrogens is 6. The van der Waals surface area contributed by atoms with Crippen molar-refractivity contribution in [2.45, 2.75) is 0 Å². The van der Waals surface area contributed by atoms with Gasteiger partial charge in [0.25, 0.3) is 0 Å². The van der Waals surface area contributed by atoms with E-state index in [1.807, 2.05) is 0 Å². The van der Waals surface area contributed by atoms with E-state index in [4.69, 9.17) is 52.1 Å². The molecule has 0 aromatic heterocycles. The Morgan fingerprint density at radius 1 is 0.750 bits per heavy atom. The van der Waals surface area contributed by atoms with Crippen molar-refractivity contribution in [2.24, 2.45) is 0 Å². The zero-order chi connectivity index (χ0) is 12.6. The van der Waals surface area contributed by atoms with Gasteiger partial charge in [-0.1, -0.05) is 0 Å². The predicted molar refractivity (Wildman–Crippen MR) is 64.4 cm³/mol. The van der Waals surface area contributed by atoms with Gasteiger partial charge in [-0.05, 0) is 0 Å². The van der Waals surface area contributed by atoms with Crippen LogP contribution in [0.1, 0.15) is 0 Å². The Kier molecular flexibility index (Phi) is 81.7. The highest BCUT2D eigenvalue weighted by Crippen LogP contribution is 2.03. The molecule has 0 saturated heterocycles. The van der Waals surface area contributed by atoms with Gasteiger partial charge >= 0.3 is 0 Å². The fourth-order valence-corrected chi connectivity index (χ4v) is 0. The van der Waals surface area contributed by atoms with Crippen LogP contribution in [-0.2, 0) is 15.0 Å². The van der Waals surface area contributed by atoms with Crippen molar-refractivity contribution < 1.29 is 41.9 Å². The minimum absolute atomic E-state index is 0. The van der Waals surface area contributed by atoms with E-state index in [0.717, 1.165) is 0 Å². The zero-order valence-electron chi connectivity index (χ0n) is 11.8. The molecule has 0 spiro atoms. The molecule has 0 atom stereocenters. The van der Waals surface area contributed by atoms with Crippen LogP contribution < -0.4 is 51.6 Å². The molecule has 0 rings (SSSR count). The molecule has 24 N–H and O–H groups in total. The number of hydrogen-bond donors (Lipinski definition) is 6. The summed E-state index contributed by atoms with van der Waals surface area (Å²) in [6.07, 6.45) is 0. The Balaban J connectivity index is -0.0000000113. The van der Waals surface area contributed by atoms with Gasteiger partial charge in [0.1, 0.15) is 0 Å². The van der Waals surface area contributed by atoms with Gasteiger partial charge in [0.05, 0.1) is 5.09 Å². The first-order chi connectivity index (χ1) is 5.73. The van der Waals surface area contributed by atoms with Crippen molar-refractivity contribution >= 4 is 18.2 Å². The standard InChI is InChI=1S/NO3.6H3N.H3O4P.H2O4S/c2-1(3)4;;;;;;;2*1-5(2,3)4/h;6*1H3;(H3,1,2,3,4);(H2,1,2,3,4)/q-1;;;;;;;;/p+1. The van der Waals surface area contributed by atoms with E-state index < -0.39 is 23.3 Å².